The summed E-state index contributed by atoms with van der Waals surface area (Å²) >= 11 is 0. The minimum atomic E-state index is -0.777. The van der Waals surface area contributed by atoms with Gasteiger partial charge in [-0.2, -0.15) is 5.26 Å². The van der Waals surface area contributed by atoms with E-state index in [4.69, 9.17) is 5.26 Å². The van der Waals surface area contributed by atoms with Crippen LogP contribution in [0.3, 0.4) is 0 Å². The van der Waals surface area contributed by atoms with Gasteiger partial charge in [0.05, 0.1) is 5.60 Å². The molecule has 0 fully saturated rings. The van der Waals surface area contributed by atoms with Crippen molar-refractivity contribution < 1.29 is 5.11 Å². The fourth-order valence-corrected chi connectivity index (χ4v) is 1.40. The average Bonchev–Trinajstić information content (AvgIpc) is 2.27. The van der Waals surface area contributed by atoms with Gasteiger partial charge in [-0.3, -0.25) is 0 Å². The number of nitriles is 1. The van der Waals surface area contributed by atoms with Crippen LogP contribution in [0.4, 0.5) is 5.95 Å². The third-order valence-corrected chi connectivity index (χ3v) is 2.19. The Kier molecular flexibility index (Phi) is 4.20. The second-order valence-corrected chi connectivity index (χ2v) is 3.98. The van der Waals surface area contributed by atoms with Crippen molar-refractivity contribution >= 4 is 5.95 Å². The van der Waals surface area contributed by atoms with Crippen LogP contribution in [0.1, 0.15) is 32.4 Å². The Morgan fingerprint density at radius 2 is 2.38 bits per heavy atom. The zero-order valence-electron chi connectivity index (χ0n) is 9.56. The molecule has 5 heteroatoms. The van der Waals surface area contributed by atoms with Gasteiger partial charge in [0.15, 0.2) is 0 Å². The molecule has 0 saturated heterocycles. The van der Waals surface area contributed by atoms with Crippen molar-refractivity contribution in [3.63, 3.8) is 0 Å². The van der Waals surface area contributed by atoms with Gasteiger partial charge in [-0.25, -0.2) is 9.97 Å². The van der Waals surface area contributed by atoms with E-state index in [1.165, 1.54) is 12.3 Å². The lowest BCUT2D eigenvalue weighted by Gasteiger charge is -2.22. The number of nitrogens with zero attached hydrogens (tertiary/aromatic N) is 3. The number of hydrogen-bond acceptors (Lipinski definition) is 5. The first kappa shape index (κ1) is 12.4. The SMILES string of the molecule is CCCC(C)(O)CNc1nccc(C#N)n1. The van der Waals surface area contributed by atoms with E-state index in [2.05, 4.69) is 15.3 Å². The standard InChI is InChI=1S/C11H16N4O/c1-3-5-11(2,16)8-14-10-13-6-4-9(7-12)15-10/h4,6,16H,3,5,8H2,1-2H3,(H,13,14,15). The Hall–Kier alpha value is -1.67. The normalized spacial score (nSPS) is 13.9. The van der Waals surface area contributed by atoms with Crippen LogP contribution in [0.5, 0.6) is 0 Å². The second-order valence-electron chi connectivity index (χ2n) is 3.98. The first-order valence-corrected chi connectivity index (χ1v) is 5.27. The maximum Gasteiger partial charge on any atom is 0.223 e. The van der Waals surface area contributed by atoms with Crippen LogP contribution in [0.25, 0.3) is 0 Å². The minimum absolute atomic E-state index is 0.313. The molecule has 1 rings (SSSR count). The van der Waals surface area contributed by atoms with Crippen molar-refractivity contribution in [3.05, 3.63) is 18.0 Å². The van der Waals surface area contributed by atoms with Crippen LogP contribution in [0.15, 0.2) is 12.3 Å². The van der Waals surface area contributed by atoms with Crippen molar-refractivity contribution in [2.24, 2.45) is 0 Å². The molecule has 5 nitrogen and oxygen atoms in total. The lowest BCUT2D eigenvalue weighted by Crippen LogP contribution is -2.33. The van der Waals surface area contributed by atoms with Crippen molar-refractivity contribution in [2.45, 2.75) is 32.3 Å². The number of nitrogens with one attached hydrogen (secondary N) is 1. The van der Waals surface area contributed by atoms with Crippen molar-refractivity contribution in [1.82, 2.24) is 9.97 Å². The Morgan fingerprint density at radius 3 is 3.00 bits per heavy atom. The van der Waals surface area contributed by atoms with E-state index in [0.29, 0.717) is 24.6 Å². The first-order valence-electron chi connectivity index (χ1n) is 5.27. The summed E-state index contributed by atoms with van der Waals surface area (Å²) in [5.41, 5.74) is -0.464. The molecule has 0 aromatic carbocycles. The Balaban J connectivity index is 2.58. The molecule has 0 aliphatic carbocycles. The molecule has 0 aliphatic heterocycles. The zero-order chi connectivity index (χ0) is 12.0. The molecular formula is C11H16N4O. The predicted molar refractivity (Wildman–Crippen MR) is 60.8 cm³/mol. The molecule has 2 N–H and O–H groups in total. The molecule has 86 valence electrons. The molecule has 0 saturated carbocycles. The molecule has 1 aromatic heterocycles. The predicted octanol–water partition coefficient (Wildman–Crippen LogP) is 1.31. The monoisotopic (exact) mass is 220 g/mol. The largest absolute Gasteiger partial charge is 0.388 e. The van der Waals surface area contributed by atoms with E-state index >= 15 is 0 Å². The number of aromatic nitrogens is 2. The maximum absolute atomic E-state index is 9.92. The third kappa shape index (κ3) is 3.83. The fraction of sp³-hybridized carbons (Fsp3) is 0.545. The summed E-state index contributed by atoms with van der Waals surface area (Å²) in [7, 11) is 0. The number of anilines is 1. The van der Waals surface area contributed by atoms with E-state index < -0.39 is 5.60 Å². The first-order chi connectivity index (χ1) is 7.57. The van der Waals surface area contributed by atoms with Gasteiger partial charge in [0.25, 0.3) is 0 Å². The minimum Gasteiger partial charge on any atom is -0.388 e. The summed E-state index contributed by atoms with van der Waals surface area (Å²) in [6, 6.07) is 3.47. The van der Waals surface area contributed by atoms with Gasteiger partial charge in [-0.1, -0.05) is 13.3 Å². The Labute approximate surface area is 95.2 Å². The molecular weight excluding hydrogens is 204 g/mol. The van der Waals surface area contributed by atoms with Gasteiger partial charge in [-0.15, -0.1) is 0 Å². The summed E-state index contributed by atoms with van der Waals surface area (Å²) in [6.45, 7) is 4.15. The highest BCUT2D eigenvalue weighted by atomic mass is 16.3. The van der Waals surface area contributed by atoms with Gasteiger partial charge < -0.3 is 10.4 Å². The molecule has 0 radical (unpaired) electrons. The molecule has 0 spiro atoms. The van der Waals surface area contributed by atoms with E-state index in [9.17, 15) is 5.11 Å². The van der Waals surface area contributed by atoms with Gasteiger partial charge in [0.2, 0.25) is 5.95 Å². The number of rotatable bonds is 5. The number of aliphatic hydroxyl groups is 1. The highest BCUT2D eigenvalue weighted by molar-refractivity contribution is 5.30. The molecule has 1 heterocycles. The van der Waals surface area contributed by atoms with E-state index in [-0.39, 0.29) is 0 Å². The molecule has 0 bridgehead atoms. The summed E-state index contributed by atoms with van der Waals surface area (Å²) in [6.07, 6.45) is 3.13. The Bertz CT molecular complexity index is 384. The quantitative estimate of drug-likeness (QED) is 0.781. The summed E-state index contributed by atoms with van der Waals surface area (Å²) in [5, 5.41) is 21.5. The fourth-order valence-electron chi connectivity index (χ4n) is 1.40. The van der Waals surface area contributed by atoms with Crippen molar-refractivity contribution in [3.8, 4) is 6.07 Å². The van der Waals surface area contributed by atoms with Crippen molar-refractivity contribution in [2.75, 3.05) is 11.9 Å². The van der Waals surface area contributed by atoms with Gasteiger partial charge in [0, 0.05) is 12.7 Å². The topological polar surface area (TPSA) is 81.8 Å². The van der Waals surface area contributed by atoms with Crippen molar-refractivity contribution in [1.29, 1.82) is 5.26 Å². The molecule has 1 unspecified atom stereocenters. The lowest BCUT2D eigenvalue weighted by molar-refractivity contribution is 0.0635. The summed E-state index contributed by atoms with van der Waals surface area (Å²) < 4.78 is 0. The number of hydrogen-bond donors (Lipinski definition) is 2. The lowest BCUT2D eigenvalue weighted by atomic mass is 10.0. The highest BCUT2D eigenvalue weighted by Gasteiger charge is 2.18. The van der Waals surface area contributed by atoms with Gasteiger partial charge >= 0.3 is 0 Å². The molecule has 1 aromatic rings. The van der Waals surface area contributed by atoms with Gasteiger partial charge in [0.1, 0.15) is 11.8 Å². The van der Waals surface area contributed by atoms with E-state index in [0.717, 1.165) is 6.42 Å². The highest BCUT2D eigenvalue weighted by Crippen LogP contribution is 2.12. The summed E-state index contributed by atoms with van der Waals surface area (Å²) in [5.74, 6) is 0.371. The molecule has 0 amide bonds. The van der Waals surface area contributed by atoms with Crippen LogP contribution in [0.2, 0.25) is 0 Å². The summed E-state index contributed by atoms with van der Waals surface area (Å²) in [4.78, 5) is 7.93. The van der Waals surface area contributed by atoms with E-state index in [1.807, 2.05) is 13.0 Å². The molecule has 1 atom stereocenters. The Morgan fingerprint density at radius 1 is 1.62 bits per heavy atom. The second kappa shape index (κ2) is 5.42. The van der Waals surface area contributed by atoms with Gasteiger partial charge in [-0.05, 0) is 19.4 Å². The van der Waals surface area contributed by atoms with Crippen LogP contribution in [-0.2, 0) is 0 Å². The van der Waals surface area contributed by atoms with Crippen LogP contribution in [-0.4, -0.2) is 27.2 Å². The molecule has 0 aliphatic rings. The van der Waals surface area contributed by atoms with Crippen LogP contribution >= 0.6 is 0 Å². The van der Waals surface area contributed by atoms with Crippen LogP contribution in [0, 0.1) is 11.3 Å². The molecule has 16 heavy (non-hydrogen) atoms. The average molecular weight is 220 g/mol. The van der Waals surface area contributed by atoms with Crippen LogP contribution < -0.4 is 5.32 Å². The maximum atomic E-state index is 9.92. The van der Waals surface area contributed by atoms with E-state index in [1.54, 1.807) is 6.92 Å². The smallest absolute Gasteiger partial charge is 0.223 e. The zero-order valence-corrected chi connectivity index (χ0v) is 9.56. The third-order valence-electron chi connectivity index (χ3n) is 2.19.